The summed E-state index contributed by atoms with van der Waals surface area (Å²) < 4.78 is 5.41. The third kappa shape index (κ3) is 7.56. The average Bonchev–Trinajstić information content (AvgIpc) is 2.24. The predicted molar refractivity (Wildman–Crippen MR) is 79.1 cm³/mol. The van der Waals surface area contributed by atoms with Crippen LogP contribution in [0.4, 0.5) is 0 Å². The highest BCUT2D eigenvalue weighted by Crippen LogP contribution is 2.17. The van der Waals surface area contributed by atoms with E-state index in [4.69, 9.17) is 4.74 Å². The maximum absolute atomic E-state index is 11.9. The Morgan fingerprint density at radius 1 is 1.16 bits per heavy atom. The Kier molecular flexibility index (Phi) is 6.84. The molecule has 1 aliphatic rings. The Balaban J connectivity index is 2.27. The summed E-state index contributed by atoms with van der Waals surface area (Å²) >= 11 is 0. The van der Waals surface area contributed by atoms with E-state index in [0.717, 1.165) is 6.54 Å². The van der Waals surface area contributed by atoms with Gasteiger partial charge in [0.15, 0.2) is 0 Å². The first-order chi connectivity index (χ1) is 8.88. The lowest BCUT2D eigenvalue weighted by Crippen LogP contribution is -2.37. The highest BCUT2D eigenvalue weighted by molar-refractivity contribution is 5.72. The molecule has 0 aromatic carbocycles. The van der Waals surface area contributed by atoms with Crippen molar-refractivity contribution in [2.75, 3.05) is 6.54 Å². The molecule has 112 valence electrons. The molecule has 0 aliphatic heterocycles. The Hall–Kier alpha value is -0.570. The Morgan fingerprint density at radius 3 is 2.21 bits per heavy atom. The molecule has 1 fully saturated rings. The fourth-order valence-electron chi connectivity index (χ4n) is 2.49. The smallest absolute Gasteiger partial charge is 0.310 e. The molecule has 3 heteroatoms. The van der Waals surface area contributed by atoms with Gasteiger partial charge >= 0.3 is 5.97 Å². The van der Waals surface area contributed by atoms with Gasteiger partial charge in [-0.2, -0.15) is 0 Å². The zero-order chi connectivity index (χ0) is 14.3. The van der Waals surface area contributed by atoms with Crippen molar-refractivity contribution in [3.05, 3.63) is 0 Å². The van der Waals surface area contributed by atoms with E-state index in [1.165, 1.54) is 44.9 Å². The molecule has 1 aliphatic carbocycles. The fraction of sp³-hybridized carbons (Fsp3) is 0.938. The van der Waals surface area contributed by atoms with Crippen molar-refractivity contribution in [3.63, 3.8) is 0 Å². The van der Waals surface area contributed by atoms with E-state index in [-0.39, 0.29) is 17.5 Å². The second kappa shape index (κ2) is 7.88. The zero-order valence-corrected chi connectivity index (χ0v) is 13.1. The van der Waals surface area contributed by atoms with Crippen molar-refractivity contribution in [1.29, 1.82) is 0 Å². The summed E-state index contributed by atoms with van der Waals surface area (Å²) in [7, 11) is 0. The first-order valence-electron chi connectivity index (χ1n) is 7.85. The summed E-state index contributed by atoms with van der Waals surface area (Å²) in [6.07, 6.45) is 9.25. The number of carbonyl (C=O) groups is 1. The molecule has 1 rings (SSSR count). The molecule has 3 nitrogen and oxygen atoms in total. The number of hydrogen-bond donors (Lipinski definition) is 1. The third-order valence-electron chi connectivity index (χ3n) is 3.63. The van der Waals surface area contributed by atoms with Crippen LogP contribution in [0.1, 0.15) is 72.6 Å². The molecule has 0 amide bonds. The van der Waals surface area contributed by atoms with Gasteiger partial charge in [-0.05, 0) is 33.6 Å². The maximum atomic E-state index is 11.9. The highest BCUT2D eigenvalue weighted by Gasteiger charge is 2.22. The van der Waals surface area contributed by atoms with Gasteiger partial charge in [-0.1, -0.05) is 39.0 Å². The number of rotatable bonds is 4. The minimum atomic E-state index is -0.383. The fourth-order valence-corrected chi connectivity index (χ4v) is 2.49. The molecule has 1 atom stereocenters. The molecule has 0 heterocycles. The van der Waals surface area contributed by atoms with Crippen molar-refractivity contribution >= 4 is 5.97 Å². The van der Waals surface area contributed by atoms with Gasteiger partial charge in [0.2, 0.25) is 0 Å². The average molecular weight is 269 g/mol. The number of ether oxygens (including phenoxy) is 1. The van der Waals surface area contributed by atoms with Crippen LogP contribution in [0, 0.1) is 5.92 Å². The summed E-state index contributed by atoms with van der Waals surface area (Å²) in [6, 6.07) is 0.588. The van der Waals surface area contributed by atoms with E-state index in [0.29, 0.717) is 6.04 Å². The first-order valence-corrected chi connectivity index (χ1v) is 7.85. The molecular weight excluding hydrogens is 238 g/mol. The van der Waals surface area contributed by atoms with E-state index in [2.05, 4.69) is 5.32 Å². The summed E-state index contributed by atoms with van der Waals surface area (Å²) in [6.45, 7) is 8.43. The van der Waals surface area contributed by atoms with Crippen LogP contribution in [-0.2, 0) is 9.53 Å². The topological polar surface area (TPSA) is 38.3 Å². The van der Waals surface area contributed by atoms with Crippen LogP contribution in [-0.4, -0.2) is 24.2 Å². The van der Waals surface area contributed by atoms with Crippen LogP contribution < -0.4 is 5.32 Å². The summed E-state index contributed by atoms with van der Waals surface area (Å²) in [5, 5.41) is 3.55. The van der Waals surface area contributed by atoms with E-state index >= 15 is 0 Å². The zero-order valence-electron chi connectivity index (χ0n) is 13.1. The van der Waals surface area contributed by atoms with Gasteiger partial charge in [0.05, 0.1) is 5.92 Å². The minimum absolute atomic E-state index is 0.0651. The molecule has 0 radical (unpaired) electrons. The molecule has 0 saturated heterocycles. The molecule has 1 N–H and O–H groups in total. The van der Waals surface area contributed by atoms with Gasteiger partial charge in [0, 0.05) is 12.6 Å². The Bertz CT molecular complexity index is 262. The van der Waals surface area contributed by atoms with Crippen molar-refractivity contribution < 1.29 is 9.53 Å². The molecule has 0 aromatic rings. The lowest BCUT2D eigenvalue weighted by molar-refractivity contribution is -0.159. The van der Waals surface area contributed by atoms with Gasteiger partial charge < -0.3 is 10.1 Å². The van der Waals surface area contributed by atoms with Crippen molar-refractivity contribution in [3.8, 4) is 0 Å². The predicted octanol–water partition coefficient (Wildman–Crippen LogP) is 3.67. The SMILES string of the molecule is C[C@@H](CNC1CCCCCCC1)C(=O)OC(C)(C)C. The van der Waals surface area contributed by atoms with Gasteiger partial charge in [0.25, 0.3) is 0 Å². The molecule has 19 heavy (non-hydrogen) atoms. The van der Waals surface area contributed by atoms with Crippen molar-refractivity contribution in [2.24, 2.45) is 5.92 Å². The molecule has 0 bridgehead atoms. The Morgan fingerprint density at radius 2 is 1.68 bits per heavy atom. The largest absolute Gasteiger partial charge is 0.460 e. The van der Waals surface area contributed by atoms with Gasteiger partial charge in [-0.25, -0.2) is 0 Å². The van der Waals surface area contributed by atoms with Crippen LogP contribution in [0.2, 0.25) is 0 Å². The van der Waals surface area contributed by atoms with Gasteiger partial charge in [-0.3, -0.25) is 4.79 Å². The van der Waals surface area contributed by atoms with Gasteiger partial charge in [-0.15, -0.1) is 0 Å². The maximum Gasteiger partial charge on any atom is 0.310 e. The van der Waals surface area contributed by atoms with Crippen LogP contribution in [0.5, 0.6) is 0 Å². The van der Waals surface area contributed by atoms with Crippen LogP contribution in [0.3, 0.4) is 0 Å². The summed E-state index contributed by atoms with van der Waals surface area (Å²) in [4.78, 5) is 11.9. The van der Waals surface area contributed by atoms with E-state index in [1.807, 2.05) is 27.7 Å². The number of nitrogens with one attached hydrogen (secondary N) is 1. The van der Waals surface area contributed by atoms with Crippen molar-refractivity contribution in [1.82, 2.24) is 5.32 Å². The van der Waals surface area contributed by atoms with Gasteiger partial charge in [0.1, 0.15) is 5.60 Å². The molecule has 0 unspecified atom stereocenters. The van der Waals surface area contributed by atoms with Crippen LogP contribution >= 0.6 is 0 Å². The van der Waals surface area contributed by atoms with E-state index < -0.39 is 0 Å². The normalized spacial score (nSPS) is 20.4. The van der Waals surface area contributed by atoms with Crippen LogP contribution in [0.25, 0.3) is 0 Å². The number of carbonyl (C=O) groups excluding carboxylic acids is 1. The molecular formula is C16H31NO2. The number of hydrogen-bond acceptors (Lipinski definition) is 3. The van der Waals surface area contributed by atoms with Crippen molar-refractivity contribution in [2.45, 2.75) is 84.3 Å². The molecule has 0 spiro atoms. The monoisotopic (exact) mass is 269 g/mol. The third-order valence-corrected chi connectivity index (χ3v) is 3.63. The number of esters is 1. The summed E-state index contributed by atoms with van der Waals surface area (Å²) in [5.41, 5.74) is -0.383. The van der Waals surface area contributed by atoms with E-state index in [1.54, 1.807) is 0 Å². The molecule has 0 aromatic heterocycles. The van der Waals surface area contributed by atoms with E-state index in [9.17, 15) is 4.79 Å². The lowest BCUT2D eigenvalue weighted by Gasteiger charge is -2.25. The Labute approximate surface area is 118 Å². The standard InChI is InChI=1S/C16H31NO2/c1-13(15(18)19-16(2,3)4)12-17-14-10-8-6-5-7-9-11-14/h13-14,17H,5-12H2,1-4H3/t13-/m0/s1. The highest BCUT2D eigenvalue weighted by atomic mass is 16.6. The first kappa shape index (κ1) is 16.5. The second-order valence-electron chi connectivity index (χ2n) is 6.88. The minimum Gasteiger partial charge on any atom is -0.460 e. The summed E-state index contributed by atoms with van der Waals surface area (Å²) in [5.74, 6) is -0.157. The quantitative estimate of drug-likeness (QED) is 0.791. The second-order valence-corrected chi connectivity index (χ2v) is 6.88. The molecule has 1 saturated carbocycles. The lowest BCUT2D eigenvalue weighted by atomic mass is 9.96. The van der Waals surface area contributed by atoms with Crippen LogP contribution in [0.15, 0.2) is 0 Å².